The first kappa shape index (κ1) is 17.6. The summed E-state index contributed by atoms with van der Waals surface area (Å²) in [4.78, 5) is 22.9. The van der Waals surface area contributed by atoms with Crippen LogP contribution in [0.25, 0.3) is 11.1 Å². The van der Waals surface area contributed by atoms with E-state index < -0.39 is 0 Å². The van der Waals surface area contributed by atoms with Crippen LogP contribution in [0.5, 0.6) is 0 Å². The number of anilines is 2. The highest BCUT2D eigenvalue weighted by Gasteiger charge is 2.27. The monoisotopic (exact) mass is 389 g/mol. The summed E-state index contributed by atoms with van der Waals surface area (Å²) < 4.78 is 5.80. The minimum absolute atomic E-state index is 0.0140. The predicted molar refractivity (Wildman–Crippen MR) is 101 cm³/mol. The molecule has 3 aromatic rings. The number of amides is 1. The molecule has 4 rings (SSSR count). The third-order valence-electron chi connectivity index (χ3n) is 4.69. The molecule has 3 heterocycles. The van der Waals surface area contributed by atoms with Gasteiger partial charge in [0, 0.05) is 43.1 Å². The van der Waals surface area contributed by atoms with Gasteiger partial charge in [-0.1, -0.05) is 11.6 Å². The van der Waals surface area contributed by atoms with Crippen LogP contribution in [0.15, 0.2) is 22.6 Å². The van der Waals surface area contributed by atoms with Crippen molar-refractivity contribution in [2.75, 3.05) is 30.3 Å². The minimum atomic E-state index is -0.0140. The van der Waals surface area contributed by atoms with Gasteiger partial charge < -0.3 is 20.4 Å². The Labute approximate surface area is 160 Å². The third-order valence-corrected chi connectivity index (χ3v) is 4.92. The van der Waals surface area contributed by atoms with Crippen molar-refractivity contribution in [2.24, 2.45) is 5.92 Å². The molecule has 1 amide bonds. The largest absolute Gasteiger partial charge is 0.423 e. The van der Waals surface area contributed by atoms with E-state index in [2.05, 4.69) is 30.4 Å². The lowest BCUT2D eigenvalue weighted by Gasteiger charge is -2.30. The van der Waals surface area contributed by atoms with Crippen molar-refractivity contribution in [2.45, 2.75) is 19.3 Å². The van der Waals surface area contributed by atoms with Gasteiger partial charge in [0.15, 0.2) is 5.58 Å². The van der Waals surface area contributed by atoms with E-state index in [1.54, 1.807) is 12.1 Å². The van der Waals surface area contributed by atoms with E-state index in [9.17, 15) is 4.79 Å². The van der Waals surface area contributed by atoms with Gasteiger partial charge in [0.25, 0.3) is 6.01 Å². The summed E-state index contributed by atoms with van der Waals surface area (Å²) in [5, 5.41) is 10.1. The number of halogens is 1. The maximum Gasteiger partial charge on any atom is 0.298 e. The molecule has 4 N–H and O–H groups in total. The molecule has 142 valence electrons. The number of nitrogen functional groups attached to an aromatic ring is 1. The first-order valence-electron chi connectivity index (χ1n) is 8.84. The molecule has 0 aliphatic carbocycles. The van der Waals surface area contributed by atoms with E-state index in [1.165, 1.54) is 0 Å². The highest BCUT2D eigenvalue weighted by Crippen LogP contribution is 2.28. The smallest absolute Gasteiger partial charge is 0.298 e. The van der Waals surface area contributed by atoms with Crippen LogP contribution in [0.4, 0.5) is 12.0 Å². The molecule has 0 saturated carbocycles. The second-order valence-corrected chi connectivity index (χ2v) is 6.99. The summed E-state index contributed by atoms with van der Waals surface area (Å²) in [5.41, 5.74) is 6.91. The quantitative estimate of drug-likeness (QED) is 0.606. The Kier molecular flexibility index (Phi) is 4.85. The fourth-order valence-corrected chi connectivity index (χ4v) is 3.39. The van der Waals surface area contributed by atoms with Crippen LogP contribution in [0, 0.1) is 5.92 Å². The van der Waals surface area contributed by atoms with Crippen LogP contribution in [0.1, 0.15) is 18.7 Å². The van der Waals surface area contributed by atoms with Gasteiger partial charge in [-0.2, -0.15) is 9.97 Å². The lowest BCUT2D eigenvalue weighted by atomic mass is 9.96. The molecular weight excluding hydrogens is 370 g/mol. The number of hydrogen-bond donors (Lipinski definition) is 3. The number of benzene rings is 1. The summed E-state index contributed by atoms with van der Waals surface area (Å²) in [5.74, 6) is 0.926. The van der Waals surface area contributed by atoms with Crippen molar-refractivity contribution >= 4 is 40.6 Å². The fourth-order valence-electron chi connectivity index (χ4n) is 3.22. The number of aromatic amines is 1. The number of nitrogens with one attached hydrogen (secondary N) is 2. The normalized spacial score (nSPS) is 15.4. The van der Waals surface area contributed by atoms with E-state index >= 15 is 0 Å². The molecule has 2 aromatic heterocycles. The molecule has 0 bridgehead atoms. The molecule has 1 saturated heterocycles. The summed E-state index contributed by atoms with van der Waals surface area (Å²) in [6, 6.07) is 5.97. The lowest BCUT2D eigenvalue weighted by Crippen LogP contribution is -2.41. The maximum atomic E-state index is 12.4. The Morgan fingerprint density at radius 3 is 2.93 bits per heavy atom. The average molecular weight is 390 g/mol. The molecule has 0 unspecified atom stereocenters. The Bertz CT molecular complexity index is 946. The van der Waals surface area contributed by atoms with Crippen molar-refractivity contribution in [1.29, 1.82) is 0 Å². The second kappa shape index (κ2) is 7.43. The summed E-state index contributed by atoms with van der Waals surface area (Å²) in [7, 11) is 0. The summed E-state index contributed by atoms with van der Waals surface area (Å²) in [6.07, 6.45) is 2.07. The first-order chi connectivity index (χ1) is 13.1. The number of oxazole rings is 1. The molecule has 1 aromatic carbocycles. The average Bonchev–Trinajstić information content (AvgIpc) is 3.27. The molecule has 1 aliphatic rings. The van der Waals surface area contributed by atoms with E-state index in [4.69, 9.17) is 21.8 Å². The topological polar surface area (TPSA) is 126 Å². The Balaban J connectivity index is 1.28. The number of hydrogen-bond acceptors (Lipinski definition) is 7. The highest BCUT2D eigenvalue weighted by molar-refractivity contribution is 6.31. The zero-order valence-electron chi connectivity index (χ0n) is 14.6. The SMILES string of the molecule is Nc1n[nH]c(CCNC(=O)C2CCN(c3nc4ccc(Cl)cc4o3)CC2)n1. The van der Waals surface area contributed by atoms with Gasteiger partial charge in [-0.25, -0.2) is 0 Å². The zero-order chi connectivity index (χ0) is 18.8. The van der Waals surface area contributed by atoms with Gasteiger partial charge in [-0.3, -0.25) is 9.89 Å². The van der Waals surface area contributed by atoms with Gasteiger partial charge >= 0.3 is 0 Å². The fraction of sp³-hybridized carbons (Fsp3) is 0.412. The van der Waals surface area contributed by atoms with Crippen molar-refractivity contribution in [1.82, 2.24) is 25.5 Å². The third kappa shape index (κ3) is 3.97. The van der Waals surface area contributed by atoms with E-state index in [1.807, 2.05) is 6.07 Å². The molecule has 0 spiro atoms. The van der Waals surface area contributed by atoms with Gasteiger partial charge in [0.2, 0.25) is 11.9 Å². The molecule has 0 atom stereocenters. The molecule has 27 heavy (non-hydrogen) atoms. The number of aromatic nitrogens is 4. The molecule has 10 heteroatoms. The number of piperidine rings is 1. The molecule has 1 aliphatic heterocycles. The van der Waals surface area contributed by atoms with Crippen LogP contribution < -0.4 is 16.0 Å². The number of rotatable bonds is 5. The van der Waals surface area contributed by atoms with Crippen molar-refractivity contribution < 1.29 is 9.21 Å². The maximum absolute atomic E-state index is 12.4. The van der Waals surface area contributed by atoms with Crippen LogP contribution >= 0.6 is 11.6 Å². The van der Waals surface area contributed by atoms with Crippen LogP contribution in [0.2, 0.25) is 5.02 Å². The van der Waals surface area contributed by atoms with E-state index in [0.717, 1.165) is 31.4 Å². The highest BCUT2D eigenvalue weighted by atomic mass is 35.5. The number of nitrogens with two attached hydrogens (primary N) is 1. The Hall–Kier alpha value is -2.81. The Morgan fingerprint density at radius 2 is 2.19 bits per heavy atom. The van der Waals surface area contributed by atoms with E-state index in [-0.39, 0.29) is 17.8 Å². The van der Waals surface area contributed by atoms with Gasteiger partial charge in [-0.15, -0.1) is 5.10 Å². The first-order valence-corrected chi connectivity index (χ1v) is 9.22. The molecule has 1 fully saturated rings. The summed E-state index contributed by atoms with van der Waals surface area (Å²) >= 11 is 5.99. The standard InChI is InChI=1S/C17H20ClN7O2/c18-11-1-2-12-13(9-11)27-17(21-12)25-7-4-10(5-8-25)15(26)20-6-3-14-22-16(19)24-23-14/h1-2,9-10H,3-8H2,(H,20,26)(H3,19,22,23,24). The van der Waals surface area contributed by atoms with E-state index in [0.29, 0.717) is 35.4 Å². The van der Waals surface area contributed by atoms with Crippen molar-refractivity contribution in [3.63, 3.8) is 0 Å². The number of nitrogens with zero attached hydrogens (tertiary/aromatic N) is 4. The molecule has 9 nitrogen and oxygen atoms in total. The predicted octanol–water partition coefficient (Wildman–Crippen LogP) is 1.76. The zero-order valence-corrected chi connectivity index (χ0v) is 15.4. The number of fused-ring (bicyclic) bond motifs is 1. The molecule has 0 radical (unpaired) electrons. The van der Waals surface area contributed by atoms with Crippen LogP contribution in [-0.2, 0) is 11.2 Å². The minimum Gasteiger partial charge on any atom is -0.423 e. The van der Waals surface area contributed by atoms with Crippen molar-refractivity contribution in [3.8, 4) is 0 Å². The number of carbonyl (C=O) groups excluding carboxylic acids is 1. The van der Waals surface area contributed by atoms with Gasteiger partial charge in [-0.05, 0) is 25.0 Å². The summed E-state index contributed by atoms with van der Waals surface area (Å²) in [6.45, 7) is 1.94. The van der Waals surface area contributed by atoms with Crippen molar-refractivity contribution in [3.05, 3.63) is 29.0 Å². The number of carbonyl (C=O) groups is 1. The van der Waals surface area contributed by atoms with Gasteiger partial charge in [0.1, 0.15) is 11.3 Å². The van der Waals surface area contributed by atoms with Crippen LogP contribution in [0.3, 0.4) is 0 Å². The van der Waals surface area contributed by atoms with Crippen LogP contribution in [-0.4, -0.2) is 45.7 Å². The van der Waals surface area contributed by atoms with Gasteiger partial charge in [0.05, 0.1) is 0 Å². The second-order valence-electron chi connectivity index (χ2n) is 6.55. The lowest BCUT2D eigenvalue weighted by molar-refractivity contribution is -0.125. The number of H-pyrrole nitrogens is 1. The Morgan fingerprint density at radius 1 is 1.37 bits per heavy atom. The molecular formula is C17H20ClN7O2.